The van der Waals surface area contributed by atoms with Gasteiger partial charge in [-0.15, -0.1) is 11.3 Å². The van der Waals surface area contributed by atoms with Crippen LogP contribution < -0.4 is 5.32 Å². The Kier molecular flexibility index (Phi) is 6.21. The summed E-state index contributed by atoms with van der Waals surface area (Å²) < 4.78 is 5.43. The van der Waals surface area contributed by atoms with Crippen LogP contribution in [0.5, 0.6) is 0 Å². The summed E-state index contributed by atoms with van der Waals surface area (Å²) in [5.41, 5.74) is 0.926. The lowest BCUT2D eigenvalue weighted by Gasteiger charge is -2.34. The van der Waals surface area contributed by atoms with Gasteiger partial charge in [-0.2, -0.15) is 0 Å². The predicted molar refractivity (Wildman–Crippen MR) is 82.0 cm³/mol. The lowest BCUT2D eigenvalue weighted by atomic mass is 10.2. The number of morpholine rings is 1. The maximum atomic E-state index is 12.1. The molecule has 1 atom stereocenters. The highest BCUT2D eigenvalue weighted by Gasteiger charge is 2.29. The van der Waals surface area contributed by atoms with E-state index in [0.717, 1.165) is 17.0 Å². The molecule has 0 saturated carbocycles. The van der Waals surface area contributed by atoms with E-state index in [1.807, 2.05) is 18.4 Å². The molecule has 1 aliphatic heterocycles. The number of hydrogen-bond acceptors (Lipinski definition) is 5. The fraction of sp³-hybridized carbons (Fsp3) is 0.533. The molecule has 0 aromatic carbocycles. The average molecular weight is 308 g/mol. The van der Waals surface area contributed by atoms with E-state index < -0.39 is 0 Å². The molecule has 1 aromatic rings. The number of rotatable bonds is 4. The molecule has 2 rings (SSSR count). The Morgan fingerprint density at radius 2 is 2.52 bits per heavy atom. The predicted octanol–water partition coefficient (Wildman–Crippen LogP) is 0.429. The van der Waals surface area contributed by atoms with E-state index in [9.17, 15) is 4.79 Å². The summed E-state index contributed by atoms with van der Waals surface area (Å²) in [4.78, 5) is 15.4. The van der Waals surface area contributed by atoms with E-state index >= 15 is 0 Å². The molecule has 1 fully saturated rings. The maximum absolute atomic E-state index is 12.1. The molecular weight excluding hydrogens is 288 g/mol. The first-order chi connectivity index (χ1) is 10.3. The molecule has 1 amide bonds. The van der Waals surface area contributed by atoms with Crippen LogP contribution in [0.3, 0.4) is 0 Å². The van der Waals surface area contributed by atoms with Gasteiger partial charge in [0.2, 0.25) is 5.91 Å². The minimum atomic E-state index is -0.251. The van der Waals surface area contributed by atoms with Crippen molar-refractivity contribution in [2.24, 2.45) is 0 Å². The van der Waals surface area contributed by atoms with Gasteiger partial charge in [-0.3, -0.25) is 9.69 Å². The zero-order valence-electron chi connectivity index (χ0n) is 12.1. The van der Waals surface area contributed by atoms with Crippen LogP contribution in [0.2, 0.25) is 0 Å². The zero-order chi connectivity index (χ0) is 15.1. The van der Waals surface area contributed by atoms with Crippen molar-refractivity contribution in [3.63, 3.8) is 0 Å². The fourth-order valence-corrected chi connectivity index (χ4v) is 3.11. The largest absolute Gasteiger partial charge is 0.384 e. The van der Waals surface area contributed by atoms with E-state index in [1.165, 1.54) is 0 Å². The van der Waals surface area contributed by atoms with Crippen molar-refractivity contribution in [3.8, 4) is 11.8 Å². The van der Waals surface area contributed by atoms with Crippen LogP contribution in [0.15, 0.2) is 11.4 Å². The second-order valence-electron chi connectivity index (χ2n) is 4.67. The number of aliphatic hydroxyl groups is 1. The molecule has 0 radical (unpaired) electrons. The molecule has 1 aliphatic rings. The van der Waals surface area contributed by atoms with E-state index in [4.69, 9.17) is 9.84 Å². The molecule has 1 aromatic heterocycles. The third-order valence-corrected chi connectivity index (χ3v) is 4.19. The van der Waals surface area contributed by atoms with Gasteiger partial charge in [-0.05, 0) is 18.4 Å². The lowest BCUT2D eigenvalue weighted by Crippen LogP contribution is -2.53. The Bertz CT molecular complexity index is 533. The van der Waals surface area contributed by atoms with Crippen molar-refractivity contribution in [1.82, 2.24) is 10.2 Å². The molecule has 1 saturated heterocycles. The monoisotopic (exact) mass is 308 g/mol. The van der Waals surface area contributed by atoms with E-state index in [1.54, 1.807) is 11.3 Å². The number of carbonyl (C=O) groups is 1. The Hall–Kier alpha value is -1.39. The number of hydrogen-bond donors (Lipinski definition) is 2. The normalized spacial score (nSPS) is 18.9. The molecule has 1 unspecified atom stereocenters. The third-order valence-electron chi connectivity index (χ3n) is 3.29. The summed E-state index contributed by atoms with van der Waals surface area (Å²) in [5.74, 6) is 5.64. The number of thiophene rings is 1. The van der Waals surface area contributed by atoms with Gasteiger partial charge >= 0.3 is 0 Å². The fourth-order valence-electron chi connectivity index (χ4n) is 2.25. The molecule has 5 nitrogen and oxygen atoms in total. The van der Waals surface area contributed by atoms with Gasteiger partial charge in [0.1, 0.15) is 12.6 Å². The zero-order valence-corrected chi connectivity index (χ0v) is 12.9. The average Bonchev–Trinajstić information content (AvgIpc) is 2.93. The summed E-state index contributed by atoms with van der Waals surface area (Å²) in [6, 6.07) is 1.70. The van der Waals surface area contributed by atoms with Crippen molar-refractivity contribution in [1.29, 1.82) is 0 Å². The van der Waals surface area contributed by atoms with Gasteiger partial charge in [-0.25, -0.2) is 0 Å². The molecule has 0 aliphatic carbocycles. The van der Waals surface area contributed by atoms with Gasteiger partial charge in [0.05, 0.1) is 13.2 Å². The minimum absolute atomic E-state index is 0.0109. The Labute approximate surface area is 128 Å². The van der Waals surface area contributed by atoms with E-state index in [-0.39, 0.29) is 18.6 Å². The van der Waals surface area contributed by atoms with Crippen LogP contribution in [-0.2, 0) is 16.1 Å². The van der Waals surface area contributed by atoms with Crippen molar-refractivity contribution >= 4 is 17.2 Å². The summed E-state index contributed by atoms with van der Waals surface area (Å²) >= 11 is 1.62. The molecular formula is C15H20N2O3S. The van der Waals surface area contributed by atoms with Gasteiger partial charge in [0, 0.05) is 30.1 Å². The Balaban J connectivity index is 2.09. The van der Waals surface area contributed by atoms with E-state index in [2.05, 4.69) is 22.1 Å². The first kappa shape index (κ1) is 16.0. The SMILES string of the molecule is CCNC(=O)C1COCCN1Cc1sccc1C#CCO. The van der Waals surface area contributed by atoms with Crippen LogP contribution in [0.25, 0.3) is 0 Å². The molecule has 0 spiro atoms. The van der Waals surface area contributed by atoms with Gasteiger partial charge in [0.15, 0.2) is 0 Å². The van der Waals surface area contributed by atoms with Gasteiger partial charge in [-0.1, -0.05) is 11.8 Å². The van der Waals surface area contributed by atoms with Crippen molar-refractivity contribution in [2.75, 3.05) is 32.9 Å². The number of amides is 1. The van der Waals surface area contributed by atoms with Crippen LogP contribution in [0.4, 0.5) is 0 Å². The highest BCUT2D eigenvalue weighted by atomic mass is 32.1. The smallest absolute Gasteiger partial charge is 0.239 e. The first-order valence-corrected chi connectivity index (χ1v) is 7.89. The number of nitrogens with zero attached hydrogens (tertiary/aromatic N) is 1. The molecule has 2 N–H and O–H groups in total. The van der Waals surface area contributed by atoms with Crippen LogP contribution >= 0.6 is 11.3 Å². The second-order valence-corrected chi connectivity index (χ2v) is 5.67. The summed E-state index contributed by atoms with van der Waals surface area (Å²) in [6.45, 7) is 4.86. The summed E-state index contributed by atoms with van der Waals surface area (Å²) in [6.07, 6.45) is 0. The van der Waals surface area contributed by atoms with Gasteiger partial charge < -0.3 is 15.2 Å². The highest BCUT2D eigenvalue weighted by Crippen LogP contribution is 2.20. The van der Waals surface area contributed by atoms with E-state index in [0.29, 0.717) is 26.3 Å². The van der Waals surface area contributed by atoms with Crippen molar-refractivity contribution < 1.29 is 14.6 Å². The topological polar surface area (TPSA) is 61.8 Å². The van der Waals surface area contributed by atoms with Crippen LogP contribution in [-0.4, -0.2) is 54.9 Å². The highest BCUT2D eigenvalue weighted by molar-refractivity contribution is 7.10. The summed E-state index contributed by atoms with van der Waals surface area (Å²) in [5, 5.41) is 13.6. The lowest BCUT2D eigenvalue weighted by molar-refractivity contribution is -0.132. The van der Waals surface area contributed by atoms with Crippen molar-refractivity contribution in [2.45, 2.75) is 19.5 Å². The maximum Gasteiger partial charge on any atom is 0.239 e. The standard InChI is InChI=1S/C15H20N2O3S/c1-2-16-15(19)13-11-20-8-6-17(13)10-14-12(4-3-7-18)5-9-21-14/h5,9,13,18H,2,6-8,10-11H2,1H3,(H,16,19). The molecule has 6 heteroatoms. The van der Waals surface area contributed by atoms with Crippen LogP contribution in [0.1, 0.15) is 17.4 Å². The Morgan fingerprint density at radius 1 is 1.67 bits per heavy atom. The Morgan fingerprint density at radius 3 is 3.29 bits per heavy atom. The first-order valence-electron chi connectivity index (χ1n) is 7.01. The number of aliphatic hydroxyl groups excluding tert-OH is 1. The second kappa shape index (κ2) is 8.15. The van der Waals surface area contributed by atoms with Gasteiger partial charge in [0.25, 0.3) is 0 Å². The molecule has 0 bridgehead atoms. The number of ether oxygens (including phenoxy) is 1. The quantitative estimate of drug-likeness (QED) is 0.792. The molecule has 114 valence electrons. The number of likely N-dealkylation sites (N-methyl/N-ethyl adjacent to an activating group) is 1. The summed E-state index contributed by atoms with van der Waals surface area (Å²) in [7, 11) is 0. The van der Waals surface area contributed by atoms with Crippen molar-refractivity contribution in [3.05, 3.63) is 21.9 Å². The minimum Gasteiger partial charge on any atom is -0.384 e. The van der Waals surface area contributed by atoms with Crippen LogP contribution in [0, 0.1) is 11.8 Å². The number of nitrogens with one attached hydrogen (secondary N) is 1. The molecule has 21 heavy (non-hydrogen) atoms. The third kappa shape index (κ3) is 4.29. The molecule has 2 heterocycles. The number of carbonyl (C=O) groups excluding carboxylic acids is 1.